The first kappa shape index (κ1) is 14.3. The minimum atomic E-state index is -0.163. The van der Waals surface area contributed by atoms with Gasteiger partial charge in [0.1, 0.15) is 11.6 Å². The van der Waals surface area contributed by atoms with Gasteiger partial charge in [0.05, 0.1) is 13.2 Å². The second kappa shape index (κ2) is 6.35. The number of halogens is 1. The van der Waals surface area contributed by atoms with E-state index in [2.05, 4.69) is 11.8 Å². The predicted octanol–water partition coefficient (Wildman–Crippen LogP) is 2.84. The molecule has 0 bridgehead atoms. The highest BCUT2D eigenvalue weighted by Gasteiger charge is 2.33. The molecule has 106 valence electrons. The molecule has 0 spiro atoms. The van der Waals surface area contributed by atoms with Gasteiger partial charge in [-0.15, -0.1) is 0 Å². The molecule has 0 amide bonds. The van der Waals surface area contributed by atoms with E-state index in [-0.39, 0.29) is 11.9 Å². The molecule has 0 saturated carbocycles. The van der Waals surface area contributed by atoms with Gasteiger partial charge in [-0.2, -0.15) is 0 Å². The van der Waals surface area contributed by atoms with Crippen LogP contribution in [0.4, 0.5) is 4.39 Å². The maximum atomic E-state index is 14.1. The molecule has 1 aliphatic rings. The van der Waals surface area contributed by atoms with E-state index in [0.29, 0.717) is 6.54 Å². The van der Waals surface area contributed by atoms with Gasteiger partial charge in [0.15, 0.2) is 0 Å². The third kappa shape index (κ3) is 2.74. The van der Waals surface area contributed by atoms with Crippen LogP contribution in [0, 0.1) is 5.82 Å². The zero-order chi connectivity index (χ0) is 13.8. The Morgan fingerprint density at radius 2 is 2.21 bits per heavy atom. The summed E-state index contributed by atoms with van der Waals surface area (Å²) in [5.74, 6) is 0.608. The van der Waals surface area contributed by atoms with E-state index in [4.69, 9.17) is 10.5 Å². The van der Waals surface area contributed by atoms with E-state index in [0.717, 1.165) is 36.4 Å². The number of hydrogen-bond donors (Lipinski definition) is 1. The summed E-state index contributed by atoms with van der Waals surface area (Å²) in [6, 6.07) is 3.18. The summed E-state index contributed by atoms with van der Waals surface area (Å²) < 4.78 is 19.4. The second-order valence-electron chi connectivity index (χ2n) is 5.07. The zero-order valence-electron chi connectivity index (χ0n) is 11.8. The Bertz CT molecular complexity index is 436. The molecule has 0 saturated heterocycles. The minimum Gasteiger partial charge on any atom is -0.496 e. The van der Waals surface area contributed by atoms with Gasteiger partial charge in [0.25, 0.3) is 0 Å². The highest BCUT2D eigenvalue weighted by atomic mass is 19.1. The zero-order valence-corrected chi connectivity index (χ0v) is 11.8. The quantitative estimate of drug-likeness (QED) is 0.805. The molecule has 1 atom stereocenters. The molecule has 0 radical (unpaired) electrons. The van der Waals surface area contributed by atoms with Crippen molar-refractivity contribution < 1.29 is 9.13 Å². The van der Waals surface area contributed by atoms with Crippen LogP contribution < -0.4 is 10.5 Å². The Hall–Kier alpha value is -1.13. The first-order valence-corrected chi connectivity index (χ1v) is 7.02. The monoisotopic (exact) mass is 266 g/mol. The topological polar surface area (TPSA) is 38.5 Å². The van der Waals surface area contributed by atoms with Crippen LogP contribution in [0.5, 0.6) is 5.75 Å². The van der Waals surface area contributed by atoms with Gasteiger partial charge in [-0.3, -0.25) is 4.90 Å². The largest absolute Gasteiger partial charge is 0.496 e. The number of nitrogens with zero attached hydrogens (tertiary/aromatic N) is 1. The summed E-state index contributed by atoms with van der Waals surface area (Å²) in [7, 11) is 1.63. The highest BCUT2D eigenvalue weighted by Crippen LogP contribution is 2.39. The van der Waals surface area contributed by atoms with Gasteiger partial charge in [-0.1, -0.05) is 19.8 Å². The van der Waals surface area contributed by atoms with E-state index < -0.39 is 0 Å². The molecule has 0 aromatic heterocycles. The van der Waals surface area contributed by atoms with Crippen molar-refractivity contribution in [1.29, 1.82) is 0 Å². The van der Waals surface area contributed by atoms with Crippen LogP contribution in [0.25, 0.3) is 0 Å². The van der Waals surface area contributed by atoms with Crippen molar-refractivity contribution in [2.24, 2.45) is 5.73 Å². The SMILES string of the molecule is CCCCCN1Cc2c(OC)ccc(F)c2C1CN. The average molecular weight is 266 g/mol. The van der Waals surface area contributed by atoms with Gasteiger partial charge >= 0.3 is 0 Å². The highest BCUT2D eigenvalue weighted by molar-refractivity contribution is 5.45. The molecule has 3 nitrogen and oxygen atoms in total. The Balaban J connectivity index is 2.24. The number of nitrogens with two attached hydrogens (primary N) is 1. The fourth-order valence-corrected chi connectivity index (χ4v) is 2.89. The van der Waals surface area contributed by atoms with Gasteiger partial charge in [0, 0.05) is 24.2 Å². The van der Waals surface area contributed by atoms with E-state index >= 15 is 0 Å². The lowest BCUT2D eigenvalue weighted by atomic mass is 10.0. The molecule has 0 fully saturated rings. The normalized spacial score (nSPS) is 18.6. The molecule has 2 N–H and O–H groups in total. The molecule has 1 unspecified atom stereocenters. The van der Waals surface area contributed by atoms with Crippen LogP contribution in [0.2, 0.25) is 0 Å². The van der Waals surface area contributed by atoms with Crippen molar-refractivity contribution in [3.8, 4) is 5.75 Å². The smallest absolute Gasteiger partial charge is 0.128 e. The van der Waals surface area contributed by atoms with Crippen molar-refractivity contribution in [3.63, 3.8) is 0 Å². The lowest BCUT2D eigenvalue weighted by Crippen LogP contribution is -2.29. The molecule has 0 aliphatic carbocycles. The third-order valence-electron chi connectivity index (χ3n) is 3.89. The van der Waals surface area contributed by atoms with Crippen LogP contribution in [0.15, 0.2) is 12.1 Å². The molecular formula is C15H23FN2O. The average Bonchev–Trinajstić information content (AvgIpc) is 2.79. The molecular weight excluding hydrogens is 243 g/mol. The molecule has 2 rings (SSSR count). The number of methoxy groups -OCH3 is 1. The fraction of sp³-hybridized carbons (Fsp3) is 0.600. The summed E-state index contributed by atoms with van der Waals surface area (Å²) >= 11 is 0. The number of fused-ring (bicyclic) bond motifs is 1. The van der Waals surface area contributed by atoms with Gasteiger partial charge < -0.3 is 10.5 Å². The molecule has 1 aromatic carbocycles. The molecule has 1 aliphatic heterocycles. The summed E-state index contributed by atoms with van der Waals surface area (Å²) in [6.45, 7) is 4.33. The first-order valence-electron chi connectivity index (χ1n) is 7.02. The number of benzene rings is 1. The summed E-state index contributed by atoms with van der Waals surface area (Å²) in [6.07, 6.45) is 3.51. The molecule has 1 aromatic rings. The van der Waals surface area contributed by atoms with Crippen LogP contribution in [-0.2, 0) is 6.54 Å². The Morgan fingerprint density at radius 3 is 2.84 bits per heavy atom. The van der Waals surface area contributed by atoms with Gasteiger partial charge in [-0.25, -0.2) is 4.39 Å². The van der Waals surface area contributed by atoms with Gasteiger partial charge in [0.2, 0.25) is 0 Å². The number of ether oxygens (including phenoxy) is 1. The molecule has 1 heterocycles. The van der Waals surface area contributed by atoms with Crippen molar-refractivity contribution in [2.75, 3.05) is 20.2 Å². The van der Waals surface area contributed by atoms with Crippen molar-refractivity contribution in [2.45, 2.75) is 38.8 Å². The number of unbranched alkanes of at least 4 members (excludes halogenated alkanes) is 2. The number of rotatable bonds is 6. The predicted molar refractivity (Wildman–Crippen MR) is 74.7 cm³/mol. The first-order chi connectivity index (χ1) is 9.22. The fourth-order valence-electron chi connectivity index (χ4n) is 2.89. The van der Waals surface area contributed by atoms with E-state index in [1.807, 2.05) is 0 Å². The van der Waals surface area contributed by atoms with Gasteiger partial charge in [-0.05, 0) is 25.1 Å². The van der Waals surface area contributed by atoms with Crippen LogP contribution in [0.3, 0.4) is 0 Å². The van der Waals surface area contributed by atoms with Crippen molar-refractivity contribution in [1.82, 2.24) is 4.90 Å². The lowest BCUT2D eigenvalue weighted by molar-refractivity contribution is 0.212. The van der Waals surface area contributed by atoms with Crippen LogP contribution in [0.1, 0.15) is 43.4 Å². The van der Waals surface area contributed by atoms with Crippen molar-refractivity contribution in [3.05, 3.63) is 29.1 Å². The maximum Gasteiger partial charge on any atom is 0.128 e. The van der Waals surface area contributed by atoms with E-state index in [1.54, 1.807) is 13.2 Å². The molecule has 4 heteroatoms. The molecule has 19 heavy (non-hydrogen) atoms. The summed E-state index contributed by atoms with van der Waals surface area (Å²) in [5, 5.41) is 0. The van der Waals surface area contributed by atoms with E-state index in [1.165, 1.54) is 18.9 Å². The summed E-state index contributed by atoms with van der Waals surface area (Å²) in [4.78, 5) is 2.27. The standard InChI is InChI=1S/C15H23FN2O/c1-3-4-5-8-18-10-11-14(19-2)7-6-12(16)15(11)13(18)9-17/h6-7,13H,3-5,8-10,17H2,1-2H3. The minimum absolute atomic E-state index is 0.0121. The Labute approximate surface area is 114 Å². The maximum absolute atomic E-state index is 14.1. The Kier molecular flexibility index (Phi) is 4.77. The van der Waals surface area contributed by atoms with Crippen LogP contribution in [-0.4, -0.2) is 25.1 Å². The Morgan fingerprint density at radius 1 is 1.42 bits per heavy atom. The second-order valence-corrected chi connectivity index (χ2v) is 5.07. The van der Waals surface area contributed by atoms with Crippen molar-refractivity contribution >= 4 is 0 Å². The summed E-state index contributed by atoms with van der Waals surface area (Å²) in [5.41, 5.74) is 7.56. The third-order valence-corrected chi connectivity index (χ3v) is 3.89. The van der Waals surface area contributed by atoms with E-state index in [9.17, 15) is 4.39 Å². The van der Waals surface area contributed by atoms with Crippen LogP contribution >= 0.6 is 0 Å². The lowest BCUT2D eigenvalue weighted by Gasteiger charge is -2.23. The number of hydrogen-bond acceptors (Lipinski definition) is 3.